The summed E-state index contributed by atoms with van der Waals surface area (Å²) in [4.78, 5) is 33.3. The van der Waals surface area contributed by atoms with Crippen LogP contribution in [0.2, 0.25) is 0 Å². The number of aromatic nitrogens is 2. The number of nitrogens with zero attached hydrogens (tertiary/aromatic N) is 3. The number of ether oxygens (including phenoxy) is 1. The molecule has 1 unspecified atom stereocenters. The van der Waals surface area contributed by atoms with E-state index in [9.17, 15) is 9.59 Å². The van der Waals surface area contributed by atoms with Crippen LogP contribution in [0.25, 0.3) is 16.6 Å². The van der Waals surface area contributed by atoms with E-state index >= 15 is 0 Å². The van der Waals surface area contributed by atoms with Gasteiger partial charge in [-0.05, 0) is 62.6 Å². The molecule has 0 aliphatic heterocycles. The van der Waals surface area contributed by atoms with Gasteiger partial charge in [0.2, 0.25) is 5.91 Å². The number of fused-ring (bicyclic) bond motifs is 1. The van der Waals surface area contributed by atoms with Crippen LogP contribution in [0.15, 0.2) is 53.3 Å². The van der Waals surface area contributed by atoms with E-state index in [0.29, 0.717) is 47.9 Å². The average Bonchev–Trinajstić information content (AvgIpc) is 2.78. The van der Waals surface area contributed by atoms with Crippen LogP contribution < -0.4 is 10.3 Å². The number of para-hydroxylation sites is 1. The number of amides is 1. The first kappa shape index (κ1) is 23.5. The van der Waals surface area contributed by atoms with E-state index in [2.05, 4.69) is 13.8 Å². The molecule has 170 valence electrons. The van der Waals surface area contributed by atoms with Gasteiger partial charge in [-0.25, -0.2) is 4.98 Å². The fraction of sp³-hybridized carbons (Fsp3) is 0.423. The van der Waals surface area contributed by atoms with E-state index in [1.165, 1.54) is 0 Å². The molecule has 0 aliphatic rings. The Bertz CT molecular complexity index is 1120. The average molecular weight is 436 g/mol. The second kappa shape index (κ2) is 10.4. The van der Waals surface area contributed by atoms with Gasteiger partial charge in [-0.1, -0.05) is 32.9 Å². The highest BCUT2D eigenvalue weighted by molar-refractivity contribution is 5.79. The summed E-state index contributed by atoms with van der Waals surface area (Å²) in [5.74, 6) is 1.67. The molecular weight excluding hydrogens is 402 g/mol. The van der Waals surface area contributed by atoms with E-state index < -0.39 is 0 Å². The van der Waals surface area contributed by atoms with E-state index in [1.54, 1.807) is 10.6 Å². The Hall–Kier alpha value is -3.15. The molecule has 0 N–H and O–H groups in total. The molecule has 6 heteroatoms. The highest BCUT2D eigenvalue weighted by Gasteiger charge is 2.27. The van der Waals surface area contributed by atoms with Crippen LogP contribution >= 0.6 is 0 Å². The molecule has 0 saturated carbocycles. The van der Waals surface area contributed by atoms with E-state index in [1.807, 2.05) is 68.1 Å². The van der Waals surface area contributed by atoms with Crippen LogP contribution in [0.3, 0.4) is 0 Å². The Kier molecular flexibility index (Phi) is 7.67. The second-order valence-electron chi connectivity index (χ2n) is 8.42. The zero-order chi connectivity index (χ0) is 23.3. The molecule has 0 radical (unpaired) electrons. The molecule has 2 aromatic carbocycles. The molecule has 0 spiro atoms. The number of benzene rings is 2. The van der Waals surface area contributed by atoms with E-state index in [4.69, 9.17) is 9.72 Å². The van der Waals surface area contributed by atoms with Crippen molar-refractivity contribution in [2.24, 2.45) is 5.92 Å². The van der Waals surface area contributed by atoms with Gasteiger partial charge in [0.25, 0.3) is 5.56 Å². The molecule has 6 nitrogen and oxygen atoms in total. The summed E-state index contributed by atoms with van der Waals surface area (Å²) in [5, 5.41) is 0.549. The molecule has 0 fully saturated rings. The maximum atomic E-state index is 13.6. The fourth-order valence-corrected chi connectivity index (χ4v) is 3.90. The summed E-state index contributed by atoms with van der Waals surface area (Å²) < 4.78 is 7.19. The van der Waals surface area contributed by atoms with Gasteiger partial charge in [0, 0.05) is 13.0 Å². The van der Waals surface area contributed by atoms with Crippen LogP contribution in [0, 0.1) is 5.92 Å². The Labute approximate surface area is 189 Å². The summed E-state index contributed by atoms with van der Waals surface area (Å²) >= 11 is 0. The standard InChI is InChI=1S/C26H33N3O3/c1-6-10-24(30)28(17-18(3)4)19(5)25-27-23-12-9-8-11-22(23)26(31)29(25)20-13-15-21(16-14-20)32-7-2/h8-9,11-16,18-19H,6-7,10,17H2,1-5H3. The Morgan fingerprint density at radius 1 is 1.06 bits per heavy atom. The van der Waals surface area contributed by atoms with E-state index in [0.717, 1.165) is 12.2 Å². The molecule has 1 heterocycles. The summed E-state index contributed by atoms with van der Waals surface area (Å²) in [6.45, 7) is 11.2. The van der Waals surface area contributed by atoms with Crippen LogP contribution in [-0.2, 0) is 4.79 Å². The Morgan fingerprint density at radius 3 is 2.38 bits per heavy atom. The summed E-state index contributed by atoms with van der Waals surface area (Å²) in [7, 11) is 0. The van der Waals surface area contributed by atoms with Crippen molar-refractivity contribution in [1.82, 2.24) is 14.5 Å². The van der Waals surface area contributed by atoms with Gasteiger partial charge in [-0.3, -0.25) is 14.2 Å². The number of carbonyl (C=O) groups excluding carboxylic acids is 1. The summed E-state index contributed by atoms with van der Waals surface area (Å²) in [6.07, 6.45) is 1.24. The first-order valence-corrected chi connectivity index (χ1v) is 11.4. The molecular formula is C26H33N3O3. The van der Waals surface area contributed by atoms with Gasteiger partial charge in [0.05, 0.1) is 29.2 Å². The Balaban J connectivity index is 2.20. The smallest absolute Gasteiger partial charge is 0.266 e. The monoisotopic (exact) mass is 435 g/mol. The van der Waals surface area contributed by atoms with Crippen molar-refractivity contribution < 1.29 is 9.53 Å². The van der Waals surface area contributed by atoms with Gasteiger partial charge in [0.1, 0.15) is 11.6 Å². The third-order valence-corrected chi connectivity index (χ3v) is 5.39. The third kappa shape index (κ3) is 5.01. The first-order chi connectivity index (χ1) is 15.4. The first-order valence-electron chi connectivity index (χ1n) is 11.4. The minimum atomic E-state index is -0.361. The largest absolute Gasteiger partial charge is 0.494 e. The predicted molar refractivity (Wildman–Crippen MR) is 128 cm³/mol. The minimum absolute atomic E-state index is 0.0781. The SMILES string of the molecule is CCCC(=O)N(CC(C)C)C(C)c1nc2ccccc2c(=O)n1-c1ccc(OCC)cc1. The zero-order valence-electron chi connectivity index (χ0n) is 19.7. The lowest BCUT2D eigenvalue weighted by Crippen LogP contribution is -2.39. The van der Waals surface area contributed by atoms with Crippen molar-refractivity contribution in [1.29, 1.82) is 0 Å². The maximum absolute atomic E-state index is 13.6. The molecule has 3 rings (SSSR count). The molecule has 1 amide bonds. The van der Waals surface area contributed by atoms with Crippen molar-refractivity contribution in [3.05, 3.63) is 64.7 Å². The van der Waals surface area contributed by atoms with Crippen molar-refractivity contribution in [2.45, 2.75) is 53.5 Å². The van der Waals surface area contributed by atoms with Gasteiger partial charge in [-0.2, -0.15) is 0 Å². The van der Waals surface area contributed by atoms with Gasteiger partial charge >= 0.3 is 0 Å². The van der Waals surface area contributed by atoms with Gasteiger partial charge in [-0.15, -0.1) is 0 Å². The molecule has 3 aromatic rings. The van der Waals surface area contributed by atoms with Crippen LogP contribution in [0.1, 0.15) is 59.3 Å². The molecule has 0 saturated heterocycles. The number of rotatable bonds is 9. The lowest BCUT2D eigenvalue weighted by molar-refractivity contribution is -0.134. The highest BCUT2D eigenvalue weighted by Crippen LogP contribution is 2.25. The molecule has 1 atom stereocenters. The molecule has 0 bridgehead atoms. The van der Waals surface area contributed by atoms with Crippen molar-refractivity contribution >= 4 is 16.8 Å². The quantitative estimate of drug-likeness (QED) is 0.467. The van der Waals surface area contributed by atoms with Crippen molar-refractivity contribution in [2.75, 3.05) is 13.2 Å². The van der Waals surface area contributed by atoms with Gasteiger partial charge < -0.3 is 9.64 Å². The number of hydrogen-bond donors (Lipinski definition) is 0. The predicted octanol–water partition coefficient (Wildman–Crippen LogP) is 5.13. The minimum Gasteiger partial charge on any atom is -0.494 e. The zero-order valence-corrected chi connectivity index (χ0v) is 19.7. The topological polar surface area (TPSA) is 64.4 Å². The fourth-order valence-electron chi connectivity index (χ4n) is 3.90. The van der Waals surface area contributed by atoms with Crippen LogP contribution in [0.4, 0.5) is 0 Å². The van der Waals surface area contributed by atoms with Crippen molar-refractivity contribution in [3.8, 4) is 11.4 Å². The molecule has 1 aromatic heterocycles. The van der Waals surface area contributed by atoms with Gasteiger partial charge in [0.15, 0.2) is 0 Å². The molecule has 32 heavy (non-hydrogen) atoms. The number of carbonyl (C=O) groups is 1. The summed E-state index contributed by atoms with van der Waals surface area (Å²) in [6, 6.07) is 14.4. The Morgan fingerprint density at radius 2 is 1.75 bits per heavy atom. The van der Waals surface area contributed by atoms with Crippen molar-refractivity contribution in [3.63, 3.8) is 0 Å². The third-order valence-electron chi connectivity index (χ3n) is 5.39. The molecule has 0 aliphatic carbocycles. The maximum Gasteiger partial charge on any atom is 0.266 e. The number of hydrogen-bond acceptors (Lipinski definition) is 4. The van der Waals surface area contributed by atoms with Crippen LogP contribution in [0.5, 0.6) is 5.75 Å². The summed E-state index contributed by atoms with van der Waals surface area (Å²) in [5.41, 5.74) is 1.19. The normalized spacial score (nSPS) is 12.2. The van der Waals surface area contributed by atoms with E-state index in [-0.39, 0.29) is 17.5 Å². The second-order valence-corrected chi connectivity index (χ2v) is 8.42. The highest BCUT2D eigenvalue weighted by atomic mass is 16.5. The lowest BCUT2D eigenvalue weighted by Gasteiger charge is -2.32. The lowest BCUT2D eigenvalue weighted by atomic mass is 10.1. The van der Waals surface area contributed by atoms with Crippen LogP contribution in [-0.4, -0.2) is 33.5 Å².